The normalized spacial score (nSPS) is 21.0. The van der Waals surface area contributed by atoms with Crippen LogP contribution >= 0.6 is 0 Å². The van der Waals surface area contributed by atoms with Gasteiger partial charge in [-0.2, -0.15) is 13.2 Å². The van der Waals surface area contributed by atoms with Crippen LogP contribution in [0.5, 0.6) is 0 Å². The zero-order valence-electron chi connectivity index (χ0n) is 13.5. The molecule has 0 aliphatic heterocycles. The Morgan fingerprint density at radius 3 is 2.25 bits per heavy atom. The second kappa shape index (κ2) is 6.45. The van der Waals surface area contributed by atoms with Crippen LogP contribution in [0.1, 0.15) is 37.8 Å². The Hall–Kier alpha value is -2.05. The summed E-state index contributed by atoms with van der Waals surface area (Å²) in [7, 11) is 0. The molecule has 0 bridgehead atoms. The average molecular weight is 343 g/mol. The molecule has 2 unspecified atom stereocenters. The monoisotopic (exact) mass is 343 g/mol. The van der Waals surface area contributed by atoms with Gasteiger partial charge < -0.3 is 10.4 Å². The smallest absolute Gasteiger partial charge is 0.416 e. The van der Waals surface area contributed by atoms with Gasteiger partial charge in [-0.3, -0.25) is 9.59 Å². The Bertz CT molecular complexity index is 640. The van der Waals surface area contributed by atoms with Crippen molar-refractivity contribution in [3.63, 3.8) is 0 Å². The average Bonchev–Trinajstić information content (AvgIpc) is 2.43. The molecule has 1 fully saturated rings. The van der Waals surface area contributed by atoms with E-state index in [9.17, 15) is 22.8 Å². The molecular formula is C17H20F3NO3. The SMILES string of the molecule is CC(C)(CNC(=O)C1CCC1C(=O)O)c1cccc(C(F)(F)F)c1. The Balaban J connectivity index is 2.04. The van der Waals surface area contributed by atoms with Crippen LogP contribution in [-0.4, -0.2) is 23.5 Å². The molecule has 2 rings (SSSR count). The van der Waals surface area contributed by atoms with Gasteiger partial charge in [-0.25, -0.2) is 0 Å². The highest BCUT2D eigenvalue weighted by Crippen LogP contribution is 2.35. The minimum Gasteiger partial charge on any atom is -0.481 e. The van der Waals surface area contributed by atoms with Crippen LogP contribution in [0.4, 0.5) is 13.2 Å². The fourth-order valence-electron chi connectivity index (χ4n) is 2.77. The van der Waals surface area contributed by atoms with E-state index in [1.54, 1.807) is 19.9 Å². The van der Waals surface area contributed by atoms with E-state index >= 15 is 0 Å². The first-order valence-electron chi connectivity index (χ1n) is 7.70. The van der Waals surface area contributed by atoms with Crippen molar-refractivity contribution in [2.24, 2.45) is 11.8 Å². The topological polar surface area (TPSA) is 66.4 Å². The third-order valence-corrected chi connectivity index (χ3v) is 4.60. The summed E-state index contributed by atoms with van der Waals surface area (Å²) in [5.74, 6) is -2.56. The number of carboxylic acids is 1. The summed E-state index contributed by atoms with van der Waals surface area (Å²) in [5, 5.41) is 11.7. The molecule has 1 saturated carbocycles. The van der Waals surface area contributed by atoms with Crippen LogP contribution in [0.2, 0.25) is 0 Å². The number of carbonyl (C=O) groups is 2. The molecule has 1 aliphatic carbocycles. The Morgan fingerprint density at radius 1 is 1.17 bits per heavy atom. The number of alkyl halides is 3. The molecule has 2 atom stereocenters. The van der Waals surface area contributed by atoms with Gasteiger partial charge in [0.1, 0.15) is 0 Å². The van der Waals surface area contributed by atoms with Crippen LogP contribution in [0, 0.1) is 11.8 Å². The zero-order chi connectivity index (χ0) is 18.1. The van der Waals surface area contributed by atoms with Gasteiger partial charge in [0.15, 0.2) is 0 Å². The number of benzene rings is 1. The first kappa shape index (κ1) is 18.3. The van der Waals surface area contributed by atoms with Gasteiger partial charge >= 0.3 is 12.1 Å². The van der Waals surface area contributed by atoms with Gasteiger partial charge in [0.2, 0.25) is 5.91 Å². The summed E-state index contributed by atoms with van der Waals surface area (Å²) in [5.41, 5.74) is -0.982. The number of carbonyl (C=O) groups excluding carboxylic acids is 1. The quantitative estimate of drug-likeness (QED) is 0.863. The molecule has 1 aromatic rings. The van der Waals surface area contributed by atoms with Crippen molar-refractivity contribution >= 4 is 11.9 Å². The van der Waals surface area contributed by atoms with Gasteiger partial charge in [0, 0.05) is 12.0 Å². The van der Waals surface area contributed by atoms with Crippen molar-refractivity contribution in [1.29, 1.82) is 0 Å². The fourth-order valence-corrected chi connectivity index (χ4v) is 2.77. The van der Waals surface area contributed by atoms with E-state index in [0.29, 0.717) is 18.4 Å². The predicted octanol–water partition coefficient (Wildman–Crippen LogP) is 3.21. The molecule has 1 aromatic carbocycles. The molecule has 0 saturated heterocycles. The number of rotatable bonds is 5. The van der Waals surface area contributed by atoms with Crippen LogP contribution in [-0.2, 0) is 21.2 Å². The summed E-state index contributed by atoms with van der Waals surface area (Å²) in [6, 6.07) is 5.01. The molecular weight excluding hydrogens is 323 g/mol. The van der Waals surface area contributed by atoms with Crippen molar-refractivity contribution in [2.75, 3.05) is 6.54 Å². The van der Waals surface area contributed by atoms with E-state index in [0.717, 1.165) is 12.1 Å². The van der Waals surface area contributed by atoms with Gasteiger partial charge in [-0.1, -0.05) is 32.0 Å². The maximum Gasteiger partial charge on any atom is 0.416 e. The molecule has 0 aromatic heterocycles. The van der Waals surface area contributed by atoms with Gasteiger partial charge in [-0.05, 0) is 24.5 Å². The Labute approximate surface area is 138 Å². The number of nitrogens with one attached hydrogen (secondary N) is 1. The minimum atomic E-state index is -4.42. The number of hydrogen-bond donors (Lipinski definition) is 2. The summed E-state index contributed by atoms with van der Waals surface area (Å²) in [6.45, 7) is 3.60. The van der Waals surface area contributed by atoms with Crippen molar-refractivity contribution in [3.05, 3.63) is 35.4 Å². The Morgan fingerprint density at radius 2 is 1.75 bits per heavy atom. The zero-order valence-corrected chi connectivity index (χ0v) is 13.5. The lowest BCUT2D eigenvalue weighted by molar-refractivity contribution is -0.152. The lowest BCUT2D eigenvalue weighted by Gasteiger charge is -2.33. The van der Waals surface area contributed by atoms with Gasteiger partial charge in [0.05, 0.1) is 17.4 Å². The van der Waals surface area contributed by atoms with Crippen LogP contribution in [0.25, 0.3) is 0 Å². The van der Waals surface area contributed by atoms with Crippen molar-refractivity contribution < 1.29 is 27.9 Å². The second-order valence-electron chi connectivity index (χ2n) is 6.81. The molecule has 1 aliphatic rings. The van der Waals surface area contributed by atoms with E-state index in [-0.39, 0.29) is 12.5 Å². The molecule has 0 radical (unpaired) electrons. The standard InChI is InChI=1S/C17H20F3NO3/c1-16(2,10-4-3-5-11(8-10)17(18,19)20)9-21-14(22)12-6-7-13(12)15(23)24/h3-5,8,12-13H,6-7,9H2,1-2H3,(H,21,22)(H,23,24). The molecule has 0 heterocycles. The first-order valence-corrected chi connectivity index (χ1v) is 7.70. The molecule has 132 valence electrons. The number of halogens is 3. The van der Waals surface area contributed by atoms with Crippen molar-refractivity contribution in [3.8, 4) is 0 Å². The third kappa shape index (κ3) is 3.88. The molecule has 7 heteroatoms. The Kier molecular flexibility index (Phi) is 4.92. The molecule has 0 spiro atoms. The van der Waals surface area contributed by atoms with E-state index in [1.165, 1.54) is 6.07 Å². The highest BCUT2D eigenvalue weighted by molar-refractivity contribution is 5.86. The van der Waals surface area contributed by atoms with Crippen LogP contribution in [0.15, 0.2) is 24.3 Å². The van der Waals surface area contributed by atoms with E-state index in [2.05, 4.69) is 5.32 Å². The predicted molar refractivity (Wildman–Crippen MR) is 81.3 cm³/mol. The lowest BCUT2D eigenvalue weighted by atomic mass is 9.73. The molecule has 2 N–H and O–H groups in total. The maximum atomic E-state index is 12.8. The van der Waals surface area contributed by atoms with E-state index < -0.39 is 35.0 Å². The molecule has 24 heavy (non-hydrogen) atoms. The maximum absolute atomic E-state index is 12.8. The number of hydrogen-bond acceptors (Lipinski definition) is 2. The van der Waals surface area contributed by atoms with Crippen LogP contribution < -0.4 is 5.32 Å². The van der Waals surface area contributed by atoms with Gasteiger partial charge in [0.25, 0.3) is 0 Å². The van der Waals surface area contributed by atoms with Crippen molar-refractivity contribution in [2.45, 2.75) is 38.3 Å². The fraction of sp³-hybridized carbons (Fsp3) is 0.529. The summed E-state index contributed by atoms with van der Waals surface area (Å²) >= 11 is 0. The first-order chi connectivity index (χ1) is 11.0. The highest BCUT2D eigenvalue weighted by atomic mass is 19.4. The molecule has 4 nitrogen and oxygen atoms in total. The number of carboxylic acid groups (broad SMARTS) is 1. The highest BCUT2D eigenvalue weighted by Gasteiger charge is 2.41. The van der Waals surface area contributed by atoms with E-state index in [4.69, 9.17) is 5.11 Å². The summed E-state index contributed by atoms with van der Waals surface area (Å²) < 4.78 is 38.5. The largest absolute Gasteiger partial charge is 0.481 e. The minimum absolute atomic E-state index is 0.135. The summed E-state index contributed by atoms with van der Waals surface area (Å²) in [4.78, 5) is 23.1. The number of amides is 1. The molecule has 1 amide bonds. The van der Waals surface area contributed by atoms with Crippen molar-refractivity contribution in [1.82, 2.24) is 5.32 Å². The second-order valence-corrected chi connectivity index (χ2v) is 6.81. The summed E-state index contributed by atoms with van der Waals surface area (Å²) in [6.07, 6.45) is -3.42. The third-order valence-electron chi connectivity index (χ3n) is 4.60. The lowest BCUT2D eigenvalue weighted by Crippen LogP contribution is -2.47. The number of aliphatic carboxylic acids is 1. The van der Waals surface area contributed by atoms with Crippen LogP contribution in [0.3, 0.4) is 0 Å². The van der Waals surface area contributed by atoms with E-state index in [1.807, 2.05) is 0 Å². The van der Waals surface area contributed by atoms with Gasteiger partial charge in [-0.15, -0.1) is 0 Å².